The Morgan fingerprint density at radius 3 is 1.58 bits per heavy atom. The van der Waals surface area contributed by atoms with Crippen LogP contribution in [0.1, 0.15) is 20.8 Å². The van der Waals surface area contributed by atoms with Gasteiger partial charge in [0.1, 0.15) is 0 Å². The van der Waals surface area contributed by atoms with Crippen molar-refractivity contribution in [1.29, 1.82) is 0 Å². The second kappa shape index (κ2) is 4.72. The maximum Gasteiger partial charge on any atom is 2.00 e. The molecule has 1 nitrogen and oxygen atoms in total. The summed E-state index contributed by atoms with van der Waals surface area (Å²) in [5, 5.41) is 0. The predicted octanol–water partition coefficient (Wildman–Crippen LogP) is 1.75. The quantitative estimate of drug-likeness (QED) is 0.453. The summed E-state index contributed by atoms with van der Waals surface area (Å²) in [5.41, 5.74) is 0.381. The molecule has 0 saturated carbocycles. The van der Waals surface area contributed by atoms with Crippen LogP contribution in [0.25, 0.3) is 0 Å². The Hall–Kier alpha value is 1.34. The van der Waals surface area contributed by atoms with E-state index in [1.807, 2.05) is 0 Å². The topological polar surface area (TPSA) is 3.24 Å². The van der Waals surface area contributed by atoms with Gasteiger partial charge in [-0.1, -0.05) is 0 Å². The minimum atomic E-state index is 0. The fourth-order valence-electron chi connectivity index (χ4n) is 1.24. The van der Waals surface area contributed by atoms with Crippen LogP contribution in [0.15, 0.2) is 0 Å². The summed E-state index contributed by atoms with van der Waals surface area (Å²) >= 11 is 0. The minimum Gasteiger partial charge on any atom is -0.364 e. The van der Waals surface area contributed by atoms with E-state index in [1.165, 1.54) is 0 Å². The van der Waals surface area contributed by atoms with E-state index in [2.05, 4.69) is 39.5 Å². The molecule has 70 valence electrons. The zero-order valence-electron chi connectivity index (χ0n) is 8.09. The van der Waals surface area contributed by atoms with Gasteiger partial charge in [0.2, 0.25) is 0 Å². The summed E-state index contributed by atoms with van der Waals surface area (Å²) in [4.78, 5) is 2.40. The van der Waals surface area contributed by atoms with Crippen molar-refractivity contribution in [2.24, 2.45) is 5.41 Å². The van der Waals surface area contributed by atoms with Gasteiger partial charge in [0.25, 0.3) is 0 Å². The van der Waals surface area contributed by atoms with Crippen molar-refractivity contribution in [3.63, 3.8) is 0 Å². The molecular formula is C9H17NW2. The number of hydrogen-bond acceptors (Lipinski definition) is 1. The average Bonchev–Trinajstić information content (AvgIpc) is 1.56. The Morgan fingerprint density at radius 2 is 1.50 bits per heavy atom. The van der Waals surface area contributed by atoms with Crippen LogP contribution in [0.4, 0.5) is 0 Å². The first-order chi connectivity index (χ1) is 4.31. The number of hydrogen-bond donors (Lipinski definition) is 0. The van der Waals surface area contributed by atoms with Crippen molar-refractivity contribution in [2.45, 2.75) is 26.3 Å². The van der Waals surface area contributed by atoms with Crippen molar-refractivity contribution in [3.05, 3.63) is 13.8 Å². The monoisotopic (exact) mass is 507 g/mol. The van der Waals surface area contributed by atoms with Gasteiger partial charge in [-0.05, 0) is 33.9 Å². The van der Waals surface area contributed by atoms with Crippen molar-refractivity contribution < 1.29 is 42.1 Å². The van der Waals surface area contributed by atoms with E-state index in [9.17, 15) is 0 Å². The molecule has 0 bridgehead atoms. The summed E-state index contributed by atoms with van der Waals surface area (Å²) in [5.74, 6) is 0. The molecule has 0 aromatic heterocycles. The van der Waals surface area contributed by atoms with E-state index in [-0.39, 0.29) is 47.5 Å². The van der Waals surface area contributed by atoms with Gasteiger partial charge in [0, 0.05) is 26.6 Å². The summed E-state index contributed by atoms with van der Waals surface area (Å²) in [6.07, 6.45) is 0. The van der Waals surface area contributed by atoms with Crippen molar-refractivity contribution in [3.8, 4) is 0 Å². The Kier molecular flexibility index (Phi) is 6.21. The van der Waals surface area contributed by atoms with E-state index >= 15 is 0 Å². The third-order valence-electron chi connectivity index (χ3n) is 2.00. The average molecular weight is 507 g/mol. The Morgan fingerprint density at radius 1 is 1.17 bits per heavy atom. The maximum atomic E-state index is 3.99. The van der Waals surface area contributed by atoms with Crippen LogP contribution in [-0.2, 0) is 42.1 Å². The number of likely N-dealkylation sites (tertiary alicyclic amines) is 1. The number of nitrogens with zero attached hydrogens (tertiary/aromatic N) is 1. The van der Waals surface area contributed by atoms with Gasteiger partial charge >= 0.3 is 21.1 Å². The first-order valence-corrected chi connectivity index (χ1v) is 3.77. The molecule has 0 aromatic rings. The molecule has 1 aliphatic heterocycles. The first kappa shape index (κ1) is 15.8. The van der Waals surface area contributed by atoms with Gasteiger partial charge < -0.3 is 18.7 Å². The molecule has 0 aliphatic carbocycles. The van der Waals surface area contributed by atoms with Crippen LogP contribution in [0, 0.1) is 19.3 Å². The van der Waals surface area contributed by atoms with Crippen LogP contribution >= 0.6 is 0 Å². The molecule has 1 fully saturated rings. The zero-order chi connectivity index (χ0) is 7.99. The Balaban J connectivity index is 0. The summed E-state index contributed by atoms with van der Waals surface area (Å²) < 4.78 is 0. The SMILES string of the molecule is [CH2-]C1([CH2-])CN(C(C)(C)C)C1.[W+2].[W]. The molecule has 0 unspecified atom stereocenters. The molecule has 0 aromatic carbocycles. The summed E-state index contributed by atoms with van der Waals surface area (Å²) in [7, 11) is 0. The van der Waals surface area contributed by atoms with Gasteiger partial charge in [-0.3, -0.25) is 5.41 Å². The third kappa shape index (κ3) is 4.03. The fraction of sp³-hybridized carbons (Fsp3) is 0.778. The fourth-order valence-corrected chi connectivity index (χ4v) is 1.24. The summed E-state index contributed by atoms with van der Waals surface area (Å²) in [6.45, 7) is 16.7. The largest absolute Gasteiger partial charge is 2.00 e. The molecule has 0 spiro atoms. The van der Waals surface area contributed by atoms with Crippen LogP contribution in [-0.4, -0.2) is 23.5 Å². The standard InChI is InChI=1S/C9H17N.2W/c1-8(2,3)10-6-9(4,5)7-10;;/h4-7H2,1-3H3;;/q-2;;+2. The normalized spacial score (nSPS) is 21.8. The van der Waals surface area contributed by atoms with Gasteiger partial charge in [0.15, 0.2) is 0 Å². The Labute approximate surface area is 105 Å². The molecule has 3 heteroatoms. The van der Waals surface area contributed by atoms with Crippen molar-refractivity contribution in [2.75, 3.05) is 13.1 Å². The first-order valence-electron chi connectivity index (χ1n) is 3.77. The van der Waals surface area contributed by atoms with Crippen molar-refractivity contribution >= 4 is 0 Å². The van der Waals surface area contributed by atoms with Crippen LogP contribution in [0.2, 0.25) is 0 Å². The molecule has 0 amide bonds. The molecule has 12 heavy (non-hydrogen) atoms. The van der Waals surface area contributed by atoms with E-state index in [4.69, 9.17) is 0 Å². The molecule has 0 radical (unpaired) electrons. The smallest absolute Gasteiger partial charge is 0.364 e. The van der Waals surface area contributed by atoms with E-state index in [0.717, 1.165) is 13.1 Å². The van der Waals surface area contributed by atoms with Gasteiger partial charge in [0.05, 0.1) is 0 Å². The molecular weight excluding hydrogens is 490 g/mol. The van der Waals surface area contributed by atoms with Gasteiger partial charge in [-0.2, -0.15) is 0 Å². The predicted molar refractivity (Wildman–Crippen MR) is 44.5 cm³/mol. The second-order valence-corrected chi connectivity index (χ2v) is 4.53. The van der Waals surface area contributed by atoms with Crippen LogP contribution in [0.3, 0.4) is 0 Å². The second-order valence-electron chi connectivity index (χ2n) is 4.53. The third-order valence-corrected chi connectivity index (χ3v) is 2.00. The molecule has 0 N–H and O–H groups in total. The summed E-state index contributed by atoms with van der Waals surface area (Å²) in [6, 6.07) is 0. The number of rotatable bonds is 0. The molecule has 1 rings (SSSR count). The minimum absolute atomic E-state index is 0. The van der Waals surface area contributed by atoms with E-state index in [1.54, 1.807) is 0 Å². The van der Waals surface area contributed by atoms with Crippen molar-refractivity contribution in [1.82, 2.24) is 4.90 Å². The maximum absolute atomic E-state index is 3.99. The van der Waals surface area contributed by atoms with Crippen LogP contribution in [0.5, 0.6) is 0 Å². The molecule has 0 atom stereocenters. The molecule has 1 aliphatic rings. The van der Waals surface area contributed by atoms with Gasteiger partial charge in [-0.25, -0.2) is 0 Å². The molecule has 1 heterocycles. The van der Waals surface area contributed by atoms with Crippen LogP contribution < -0.4 is 0 Å². The zero-order valence-corrected chi connectivity index (χ0v) is 14.0. The van der Waals surface area contributed by atoms with E-state index in [0.29, 0.717) is 5.54 Å². The van der Waals surface area contributed by atoms with E-state index < -0.39 is 0 Å². The van der Waals surface area contributed by atoms with Gasteiger partial charge in [-0.15, -0.1) is 0 Å². The molecule has 1 saturated heterocycles. The Bertz CT molecular complexity index is 130.